The van der Waals surface area contributed by atoms with Crippen LogP contribution in [0.1, 0.15) is 18.1 Å². The molecule has 29 heavy (non-hydrogen) atoms. The molecule has 1 aliphatic rings. The Kier molecular flexibility index (Phi) is 5.11. The average Bonchev–Trinajstić information content (AvgIpc) is 3.04. The van der Waals surface area contributed by atoms with Crippen molar-refractivity contribution in [1.82, 2.24) is 4.98 Å². The number of benzene rings is 1. The van der Waals surface area contributed by atoms with Gasteiger partial charge in [0.25, 0.3) is 5.90 Å². The van der Waals surface area contributed by atoms with Crippen molar-refractivity contribution in [3.05, 3.63) is 52.2 Å². The van der Waals surface area contributed by atoms with Crippen molar-refractivity contribution in [2.24, 2.45) is 5.16 Å². The summed E-state index contributed by atoms with van der Waals surface area (Å²) in [6, 6.07) is 1.92. The minimum absolute atomic E-state index is 0.114. The molecule has 2 heterocycles. The minimum atomic E-state index is -4.82. The lowest BCUT2D eigenvalue weighted by atomic mass is 10.0. The molecule has 6 nitrogen and oxygen atoms in total. The number of carbonyl (C=O) groups excluding carboxylic acids is 1. The van der Waals surface area contributed by atoms with Gasteiger partial charge in [-0.1, -0.05) is 11.6 Å². The first-order chi connectivity index (χ1) is 13.5. The summed E-state index contributed by atoms with van der Waals surface area (Å²) in [5.74, 6) is -5.67. The second kappa shape index (κ2) is 7.14. The summed E-state index contributed by atoms with van der Waals surface area (Å²) in [6.45, 7) is 1.20. The fourth-order valence-electron chi connectivity index (χ4n) is 2.40. The summed E-state index contributed by atoms with van der Waals surface area (Å²) < 4.78 is 76.4. The van der Waals surface area contributed by atoms with E-state index >= 15 is 0 Å². The quantitative estimate of drug-likeness (QED) is 0.530. The SMILES string of the molecule is COC(=O)C1(C)ON=C(c2cc(-c3ncc(C(F)(F)F)cc3F)c(F)cc2Cl)O1. The third-order valence-electron chi connectivity index (χ3n) is 3.86. The van der Waals surface area contributed by atoms with Crippen LogP contribution in [0.15, 0.2) is 29.6 Å². The molecule has 0 saturated heterocycles. The first-order valence-electron chi connectivity index (χ1n) is 7.72. The average molecular weight is 437 g/mol. The molecule has 154 valence electrons. The maximum absolute atomic E-state index is 14.4. The highest BCUT2D eigenvalue weighted by Crippen LogP contribution is 2.35. The Bertz CT molecular complexity index is 1030. The molecule has 1 aromatic carbocycles. The van der Waals surface area contributed by atoms with E-state index in [1.54, 1.807) is 0 Å². The maximum Gasteiger partial charge on any atom is 0.417 e. The van der Waals surface area contributed by atoms with Gasteiger partial charge in [0, 0.05) is 18.7 Å². The molecule has 3 rings (SSSR count). The summed E-state index contributed by atoms with van der Waals surface area (Å²) in [7, 11) is 1.08. The van der Waals surface area contributed by atoms with Gasteiger partial charge >= 0.3 is 17.9 Å². The van der Waals surface area contributed by atoms with Gasteiger partial charge in [-0.2, -0.15) is 13.2 Å². The van der Waals surface area contributed by atoms with Crippen LogP contribution in [0.5, 0.6) is 0 Å². The van der Waals surface area contributed by atoms with Gasteiger partial charge in [-0.3, -0.25) is 4.98 Å². The van der Waals surface area contributed by atoms with E-state index in [4.69, 9.17) is 21.2 Å². The molecular weight excluding hydrogens is 427 g/mol. The Balaban J connectivity index is 2.03. The van der Waals surface area contributed by atoms with Crippen LogP contribution in [-0.2, 0) is 25.3 Å². The monoisotopic (exact) mass is 436 g/mol. The Labute approximate surface area is 164 Å². The lowest BCUT2D eigenvalue weighted by Crippen LogP contribution is -2.38. The standard InChI is InChI=1S/C17H10ClF5N2O4/c1-16(15(26)27-2)28-14(25-29-16)8-4-9(11(19)5-10(8)18)13-12(20)3-7(6-24-13)17(21,22)23/h3-6H,1-2H3. The van der Waals surface area contributed by atoms with Gasteiger partial charge in [0.1, 0.15) is 17.3 Å². The minimum Gasteiger partial charge on any atom is -0.463 e. The Morgan fingerprint density at radius 1 is 1.17 bits per heavy atom. The molecule has 12 heteroatoms. The van der Waals surface area contributed by atoms with Gasteiger partial charge in [-0.05, 0) is 23.4 Å². The smallest absolute Gasteiger partial charge is 0.417 e. The fraction of sp³-hybridized carbons (Fsp3) is 0.235. The highest BCUT2D eigenvalue weighted by atomic mass is 35.5. The fourth-order valence-corrected chi connectivity index (χ4v) is 2.64. The van der Waals surface area contributed by atoms with E-state index in [9.17, 15) is 26.7 Å². The number of carbonyl (C=O) groups is 1. The molecular formula is C17H10ClF5N2O4. The molecule has 0 spiro atoms. The molecule has 0 radical (unpaired) electrons. The van der Waals surface area contributed by atoms with Crippen LogP contribution in [0, 0.1) is 11.6 Å². The Morgan fingerprint density at radius 3 is 2.45 bits per heavy atom. The Hall–Kier alpha value is -2.95. The van der Waals surface area contributed by atoms with E-state index in [2.05, 4.69) is 14.9 Å². The third-order valence-corrected chi connectivity index (χ3v) is 4.17. The summed E-state index contributed by atoms with van der Waals surface area (Å²) in [5.41, 5.74) is -2.65. The molecule has 0 fully saturated rings. The zero-order chi connectivity index (χ0) is 21.6. The highest BCUT2D eigenvalue weighted by Gasteiger charge is 2.46. The van der Waals surface area contributed by atoms with Crippen molar-refractivity contribution in [2.75, 3.05) is 7.11 Å². The number of aromatic nitrogens is 1. The van der Waals surface area contributed by atoms with Crippen molar-refractivity contribution in [3.8, 4) is 11.3 Å². The molecule has 1 aromatic heterocycles. The molecule has 0 N–H and O–H groups in total. The maximum atomic E-state index is 14.4. The number of rotatable bonds is 3. The number of oxime groups is 1. The molecule has 1 atom stereocenters. The topological polar surface area (TPSA) is 70.0 Å². The van der Waals surface area contributed by atoms with Crippen molar-refractivity contribution in [2.45, 2.75) is 18.9 Å². The van der Waals surface area contributed by atoms with Gasteiger partial charge in [0.2, 0.25) is 0 Å². The van der Waals surface area contributed by atoms with Crippen LogP contribution >= 0.6 is 11.6 Å². The highest BCUT2D eigenvalue weighted by molar-refractivity contribution is 6.34. The van der Waals surface area contributed by atoms with E-state index in [0.29, 0.717) is 6.20 Å². The first-order valence-corrected chi connectivity index (χ1v) is 8.10. The molecule has 0 aliphatic carbocycles. The largest absolute Gasteiger partial charge is 0.463 e. The molecule has 0 saturated carbocycles. The number of ether oxygens (including phenoxy) is 2. The number of halogens is 6. The van der Waals surface area contributed by atoms with Crippen LogP contribution in [0.3, 0.4) is 0 Å². The van der Waals surface area contributed by atoms with Crippen LogP contribution in [-0.4, -0.2) is 29.7 Å². The second-order valence-corrected chi connectivity index (χ2v) is 6.30. The van der Waals surface area contributed by atoms with Crippen LogP contribution in [0.25, 0.3) is 11.3 Å². The van der Waals surface area contributed by atoms with Crippen molar-refractivity contribution in [3.63, 3.8) is 0 Å². The lowest BCUT2D eigenvalue weighted by molar-refractivity contribution is -0.198. The normalized spacial score (nSPS) is 18.7. The lowest BCUT2D eigenvalue weighted by Gasteiger charge is -2.18. The predicted octanol–water partition coefficient (Wildman–Crippen LogP) is 4.30. The van der Waals surface area contributed by atoms with Crippen molar-refractivity contribution < 1.29 is 41.1 Å². The molecule has 2 aromatic rings. The summed E-state index contributed by atoms with van der Waals surface area (Å²) in [5, 5.41) is 3.31. The van der Waals surface area contributed by atoms with Crippen molar-refractivity contribution in [1.29, 1.82) is 0 Å². The number of alkyl halides is 3. The number of hydrogen-bond donors (Lipinski definition) is 0. The molecule has 0 amide bonds. The van der Waals surface area contributed by atoms with Crippen LogP contribution in [0.2, 0.25) is 5.02 Å². The van der Waals surface area contributed by atoms with E-state index in [1.165, 1.54) is 6.92 Å². The van der Waals surface area contributed by atoms with Crippen molar-refractivity contribution >= 4 is 23.5 Å². The Morgan fingerprint density at radius 2 is 1.86 bits per heavy atom. The van der Waals surface area contributed by atoms with Crippen LogP contribution in [0.4, 0.5) is 22.0 Å². The zero-order valence-corrected chi connectivity index (χ0v) is 15.4. The van der Waals surface area contributed by atoms with Gasteiger partial charge in [-0.15, -0.1) is 0 Å². The van der Waals surface area contributed by atoms with E-state index in [0.717, 1.165) is 19.2 Å². The number of hydrogen-bond acceptors (Lipinski definition) is 6. The van der Waals surface area contributed by atoms with Gasteiger partial charge in [0.15, 0.2) is 0 Å². The number of esters is 1. The van der Waals surface area contributed by atoms with E-state index in [1.807, 2.05) is 0 Å². The summed E-state index contributed by atoms with van der Waals surface area (Å²) >= 11 is 5.96. The third kappa shape index (κ3) is 3.82. The van der Waals surface area contributed by atoms with Crippen LogP contribution < -0.4 is 0 Å². The second-order valence-electron chi connectivity index (χ2n) is 5.89. The molecule has 1 aliphatic heterocycles. The number of nitrogens with zero attached hydrogens (tertiary/aromatic N) is 2. The molecule has 1 unspecified atom stereocenters. The van der Waals surface area contributed by atoms with Gasteiger partial charge in [-0.25, -0.2) is 13.6 Å². The zero-order valence-electron chi connectivity index (χ0n) is 14.6. The summed E-state index contributed by atoms with van der Waals surface area (Å²) in [6.07, 6.45) is -4.45. The predicted molar refractivity (Wildman–Crippen MR) is 88.7 cm³/mol. The van der Waals surface area contributed by atoms with E-state index in [-0.39, 0.29) is 22.6 Å². The number of pyridine rings is 1. The van der Waals surface area contributed by atoms with Gasteiger partial charge in [0.05, 0.1) is 23.3 Å². The molecule has 0 bridgehead atoms. The van der Waals surface area contributed by atoms with E-state index < -0.39 is 46.4 Å². The summed E-state index contributed by atoms with van der Waals surface area (Å²) in [4.78, 5) is 20.0. The van der Waals surface area contributed by atoms with Gasteiger partial charge < -0.3 is 14.3 Å². The number of methoxy groups -OCH3 is 1. The first kappa shape index (κ1) is 20.8.